The van der Waals surface area contributed by atoms with Gasteiger partial charge in [0.25, 0.3) is 5.91 Å². The number of H-pyrrole nitrogens is 1. The van der Waals surface area contributed by atoms with E-state index in [2.05, 4.69) is 15.5 Å². The van der Waals surface area contributed by atoms with Gasteiger partial charge in [-0.15, -0.1) is 0 Å². The lowest BCUT2D eigenvalue weighted by Gasteiger charge is -2.21. The zero-order valence-corrected chi connectivity index (χ0v) is 15.0. The molecule has 1 aromatic heterocycles. The number of methoxy groups -OCH3 is 2. The van der Waals surface area contributed by atoms with Gasteiger partial charge in [-0.25, -0.2) is 0 Å². The topological polar surface area (TPSA) is 96.5 Å². The van der Waals surface area contributed by atoms with Crippen molar-refractivity contribution in [3.63, 3.8) is 0 Å². The maximum Gasteiger partial charge on any atom is 0.269 e. The maximum absolute atomic E-state index is 12.4. The molecule has 7 nitrogen and oxygen atoms in total. The normalized spacial score (nSPS) is 13.2. The standard InChI is InChI=1S/C18H25N3O4/c1-5-11(2)16(10-22)19-18(23)15-9-14(20-21-15)13-8-12(24-3)6-7-17(13)25-4/h6-9,11,16,22H,5,10H2,1-4H3,(H,19,23)(H,20,21)/t11-,16-/m0/s1. The Morgan fingerprint density at radius 3 is 2.68 bits per heavy atom. The molecule has 1 aromatic carbocycles. The molecular formula is C18H25N3O4. The predicted molar refractivity (Wildman–Crippen MR) is 94.9 cm³/mol. The first kappa shape index (κ1) is 18.8. The lowest BCUT2D eigenvalue weighted by Crippen LogP contribution is -2.42. The number of aromatic amines is 1. The number of carbonyl (C=O) groups excluding carboxylic acids is 1. The van der Waals surface area contributed by atoms with Crippen molar-refractivity contribution in [1.82, 2.24) is 15.5 Å². The van der Waals surface area contributed by atoms with E-state index in [0.717, 1.165) is 12.0 Å². The molecule has 7 heteroatoms. The first-order chi connectivity index (χ1) is 12.0. The molecule has 2 atom stereocenters. The third-order valence-electron chi connectivity index (χ3n) is 4.35. The van der Waals surface area contributed by atoms with Crippen LogP contribution in [0.2, 0.25) is 0 Å². The fourth-order valence-electron chi connectivity index (χ4n) is 2.49. The summed E-state index contributed by atoms with van der Waals surface area (Å²) < 4.78 is 10.6. The Hall–Kier alpha value is -2.54. The van der Waals surface area contributed by atoms with Crippen molar-refractivity contribution >= 4 is 5.91 Å². The van der Waals surface area contributed by atoms with E-state index < -0.39 is 0 Å². The molecule has 0 saturated carbocycles. The number of nitrogens with one attached hydrogen (secondary N) is 2. The summed E-state index contributed by atoms with van der Waals surface area (Å²) in [6.45, 7) is 3.90. The molecule has 25 heavy (non-hydrogen) atoms. The summed E-state index contributed by atoms with van der Waals surface area (Å²) in [6, 6.07) is 6.73. The van der Waals surface area contributed by atoms with Gasteiger partial charge in [0.15, 0.2) is 0 Å². The summed E-state index contributed by atoms with van der Waals surface area (Å²) in [6.07, 6.45) is 0.862. The number of benzene rings is 1. The first-order valence-corrected chi connectivity index (χ1v) is 8.23. The van der Waals surface area contributed by atoms with Gasteiger partial charge < -0.3 is 19.9 Å². The molecule has 0 aliphatic heterocycles. The van der Waals surface area contributed by atoms with Crippen LogP contribution in [-0.2, 0) is 0 Å². The minimum absolute atomic E-state index is 0.106. The van der Waals surface area contributed by atoms with E-state index in [-0.39, 0.29) is 24.5 Å². The summed E-state index contributed by atoms with van der Waals surface area (Å²) in [4.78, 5) is 12.4. The SMILES string of the molecule is CC[C@H](C)[C@H](CO)NC(=O)c1cc(-c2cc(OC)ccc2OC)n[nH]1. The van der Waals surface area contributed by atoms with Gasteiger partial charge >= 0.3 is 0 Å². The molecular weight excluding hydrogens is 322 g/mol. The lowest BCUT2D eigenvalue weighted by atomic mass is 10.00. The van der Waals surface area contributed by atoms with Gasteiger partial charge in [0.2, 0.25) is 0 Å². The van der Waals surface area contributed by atoms with Gasteiger partial charge in [-0.2, -0.15) is 5.10 Å². The molecule has 3 N–H and O–H groups in total. The average Bonchev–Trinajstić information content (AvgIpc) is 3.14. The summed E-state index contributed by atoms with van der Waals surface area (Å²) in [7, 11) is 3.16. The summed E-state index contributed by atoms with van der Waals surface area (Å²) >= 11 is 0. The van der Waals surface area contributed by atoms with E-state index in [1.807, 2.05) is 13.8 Å². The smallest absolute Gasteiger partial charge is 0.269 e. The number of ether oxygens (including phenoxy) is 2. The Morgan fingerprint density at radius 1 is 1.32 bits per heavy atom. The largest absolute Gasteiger partial charge is 0.497 e. The highest BCUT2D eigenvalue weighted by Gasteiger charge is 2.20. The molecule has 0 fully saturated rings. The summed E-state index contributed by atoms with van der Waals surface area (Å²) in [5, 5.41) is 19.2. The minimum atomic E-state index is -0.306. The third kappa shape index (κ3) is 4.30. The number of nitrogens with zero attached hydrogens (tertiary/aromatic N) is 1. The van der Waals surface area contributed by atoms with Crippen LogP contribution in [0.5, 0.6) is 11.5 Å². The van der Waals surface area contributed by atoms with E-state index in [1.54, 1.807) is 38.5 Å². The number of rotatable bonds is 8. The van der Waals surface area contributed by atoms with Crippen molar-refractivity contribution in [2.75, 3.05) is 20.8 Å². The fraction of sp³-hybridized carbons (Fsp3) is 0.444. The van der Waals surface area contributed by atoms with E-state index in [4.69, 9.17) is 9.47 Å². The molecule has 1 heterocycles. The third-order valence-corrected chi connectivity index (χ3v) is 4.35. The monoisotopic (exact) mass is 347 g/mol. The van der Waals surface area contributed by atoms with Crippen molar-refractivity contribution in [2.24, 2.45) is 5.92 Å². The molecule has 0 radical (unpaired) electrons. The van der Waals surface area contributed by atoms with Crippen LogP contribution in [-0.4, -0.2) is 48.1 Å². The van der Waals surface area contributed by atoms with Crippen molar-refractivity contribution in [1.29, 1.82) is 0 Å². The average molecular weight is 347 g/mol. The molecule has 0 aliphatic carbocycles. The van der Waals surface area contributed by atoms with Crippen LogP contribution in [0.15, 0.2) is 24.3 Å². The zero-order chi connectivity index (χ0) is 18.4. The second kappa shape index (κ2) is 8.53. The number of amides is 1. The van der Waals surface area contributed by atoms with Gasteiger partial charge in [-0.1, -0.05) is 20.3 Å². The highest BCUT2D eigenvalue weighted by atomic mass is 16.5. The van der Waals surface area contributed by atoms with E-state index in [1.165, 1.54) is 0 Å². The van der Waals surface area contributed by atoms with Crippen LogP contribution in [0.3, 0.4) is 0 Å². The number of aliphatic hydroxyl groups is 1. The van der Waals surface area contributed by atoms with Gasteiger partial charge in [0.05, 0.1) is 32.6 Å². The van der Waals surface area contributed by atoms with Gasteiger partial charge in [0, 0.05) is 5.56 Å². The molecule has 0 saturated heterocycles. The highest BCUT2D eigenvalue weighted by Crippen LogP contribution is 2.32. The van der Waals surface area contributed by atoms with Gasteiger partial charge in [-0.3, -0.25) is 9.89 Å². The molecule has 2 aromatic rings. The molecule has 136 valence electrons. The second-order valence-electron chi connectivity index (χ2n) is 5.88. The lowest BCUT2D eigenvalue weighted by molar-refractivity contribution is 0.0886. The molecule has 1 amide bonds. The number of aliphatic hydroxyl groups excluding tert-OH is 1. The highest BCUT2D eigenvalue weighted by molar-refractivity contribution is 5.93. The summed E-state index contributed by atoms with van der Waals surface area (Å²) in [5.74, 6) is 1.17. The Morgan fingerprint density at radius 2 is 2.08 bits per heavy atom. The molecule has 0 spiro atoms. The Labute approximate surface area is 147 Å². The molecule has 2 rings (SSSR count). The molecule has 0 bridgehead atoms. The van der Waals surface area contributed by atoms with E-state index in [0.29, 0.717) is 22.9 Å². The van der Waals surface area contributed by atoms with Crippen molar-refractivity contribution in [2.45, 2.75) is 26.3 Å². The van der Waals surface area contributed by atoms with Gasteiger partial charge in [0.1, 0.15) is 17.2 Å². The van der Waals surface area contributed by atoms with Crippen LogP contribution in [0.4, 0.5) is 0 Å². The van der Waals surface area contributed by atoms with Crippen LogP contribution in [0.1, 0.15) is 30.8 Å². The fourth-order valence-corrected chi connectivity index (χ4v) is 2.49. The predicted octanol–water partition coefficient (Wildman–Crippen LogP) is 2.23. The molecule has 0 aliphatic rings. The Kier molecular flexibility index (Phi) is 6.41. The van der Waals surface area contributed by atoms with Crippen LogP contribution in [0.25, 0.3) is 11.3 Å². The number of hydrogen-bond donors (Lipinski definition) is 3. The van der Waals surface area contributed by atoms with Crippen molar-refractivity contribution in [3.05, 3.63) is 30.0 Å². The van der Waals surface area contributed by atoms with Crippen molar-refractivity contribution < 1.29 is 19.4 Å². The Balaban J connectivity index is 2.23. The number of aromatic nitrogens is 2. The Bertz CT molecular complexity index is 714. The number of carbonyl (C=O) groups is 1. The van der Waals surface area contributed by atoms with Crippen LogP contribution in [0, 0.1) is 5.92 Å². The quantitative estimate of drug-likeness (QED) is 0.680. The zero-order valence-electron chi connectivity index (χ0n) is 15.0. The molecule has 0 unspecified atom stereocenters. The van der Waals surface area contributed by atoms with E-state index >= 15 is 0 Å². The summed E-state index contributed by atoms with van der Waals surface area (Å²) in [5.41, 5.74) is 1.62. The van der Waals surface area contributed by atoms with Gasteiger partial charge in [-0.05, 0) is 30.2 Å². The van der Waals surface area contributed by atoms with Crippen LogP contribution < -0.4 is 14.8 Å². The first-order valence-electron chi connectivity index (χ1n) is 8.23. The second-order valence-corrected chi connectivity index (χ2v) is 5.88. The number of hydrogen-bond acceptors (Lipinski definition) is 5. The van der Waals surface area contributed by atoms with Crippen LogP contribution >= 0.6 is 0 Å². The van der Waals surface area contributed by atoms with E-state index in [9.17, 15) is 9.90 Å². The minimum Gasteiger partial charge on any atom is -0.497 e. The van der Waals surface area contributed by atoms with Crippen molar-refractivity contribution in [3.8, 4) is 22.8 Å². The maximum atomic E-state index is 12.4.